The Labute approximate surface area is 116 Å². The number of methoxy groups -OCH3 is 1. The maximum atomic E-state index is 11.0. The summed E-state index contributed by atoms with van der Waals surface area (Å²) in [6.45, 7) is 2.59. The fraction of sp³-hybridized carbons (Fsp3) is 0.571. The molecule has 0 aliphatic carbocycles. The van der Waals surface area contributed by atoms with Gasteiger partial charge in [0.05, 0.1) is 12.9 Å². The van der Waals surface area contributed by atoms with Crippen molar-refractivity contribution in [1.82, 2.24) is 5.32 Å². The Morgan fingerprint density at radius 1 is 1.26 bits per heavy atom. The van der Waals surface area contributed by atoms with Crippen LogP contribution in [-0.2, 0) is 16.3 Å². The fourth-order valence-corrected chi connectivity index (χ4v) is 2.26. The number of hydrogen-bond donors (Lipinski definition) is 1. The average Bonchev–Trinajstić information content (AvgIpc) is 2.35. The summed E-state index contributed by atoms with van der Waals surface area (Å²) >= 11 is 0. The van der Waals surface area contributed by atoms with E-state index >= 15 is 0 Å². The van der Waals surface area contributed by atoms with E-state index in [-0.39, 0.29) is 5.75 Å². The first kappa shape index (κ1) is 16.0. The molecule has 0 radical (unpaired) electrons. The van der Waals surface area contributed by atoms with Gasteiger partial charge >= 0.3 is 0 Å². The van der Waals surface area contributed by atoms with E-state index < -0.39 is 9.84 Å². The molecular weight excluding hydrogens is 262 g/mol. The van der Waals surface area contributed by atoms with Crippen molar-refractivity contribution in [2.24, 2.45) is 0 Å². The fourth-order valence-electron chi connectivity index (χ4n) is 1.77. The van der Waals surface area contributed by atoms with Crippen LogP contribution in [0.15, 0.2) is 24.3 Å². The number of ether oxygens (including phenoxy) is 1. The minimum atomic E-state index is -2.87. The summed E-state index contributed by atoms with van der Waals surface area (Å²) in [6.07, 6.45) is 3.21. The van der Waals surface area contributed by atoms with Gasteiger partial charge in [-0.05, 0) is 37.5 Å². The van der Waals surface area contributed by atoms with Crippen molar-refractivity contribution >= 4 is 9.84 Å². The minimum Gasteiger partial charge on any atom is -0.497 e. The lowest BCUT2D eigenvalue weighted by Crippen LogP contribution is -2.31. The molecule has 0 saturated heterocycles. The zero-order valence-corrected chi connectivity index (χ0v) is 12.7. The molecule has 1 rings (SSSR count). The first-order valence-electron chi connectivity index (χ1n) is 6.45. The Bertz CT molecular complexity index is 468. The van der Waals surface area contributed by atoms with E-state index in [4.69, 9.17) is 4.74 Å². The molecule has 0 saturated carbocycles. The van der Waals surface area contributed by atoms with Crippen LogP contribution < -0.4 is 10.1 Å². The minimum absolute atomic E-state index is 0.194. The molecule has 1 aromatic carbocycles. The molecule has 0 aliphatic rings. The molecule has 1 N–H and O–H groups in total. The van der Waals surface area contributed by atoms with Gasteiger partial charge in [0.15, 0.2) is 0 Å². The molecule has 0 bridgehead atoms. The number of sulfone groups is 1. The Morgan fingerprint density at radius 2 is 1.89 bits per heavy atom. The summed E-state index contributed by atoms with van der Waals surface area (Å²) in [6, 6.07) is 8.34. The van der Waals surface area contributed by atoms with E-state index in [0.717, 1.165) is 18.6 Å². The normalized spacial score (nSPS) is 13.2. The van der Waals surface area contributed by atoms with Gasteiger partial charge in [-0.25, -0.2) is 8.42 Å². The van der Waals surface area contributed by atoms with E-state index in [1.165, 1.54) is 11.8 Å². The highest BCUT2D eigenvalue weighted by Crippen LogP contribution is 2.13. The lowest BCUT2D eigenvalue weighted by atomic mass is 10.1. The maximum absolute atomic E-state index is 11.0. The lowest BCUT2D eigenvalue weighted by molar-refractivity contribution is 0.414. The Hall–Kier alpha value is -1.07. The highest BCUT2D eigenvalue weighted by Gasteiger charge is 2.05. The van der Waals surface area contributed by atoms with Crippen LogP contribution in [0.4, 0.5) is 0 Å². The van der Waals surface area contributed by atoms with E-state index in [2.05, 4.69) is 24.4 Å². The van der Waals surface area contributed by atoms with Crippen LogP contribution >= 0.6 is 0 Å². The number of benzene rings is 1. The highest BCUT2D eigenvalue weighted by molar-refractivity contribution is 7.90. The number of hydrogen-bond acceptors (Lipinski definition) is 4. The molecule has 0 fully saturated rings. The van der Waals surface area contributed by atoms with Gasteiger partial charge in [-0.2, -0.15) is 0 Å². The average molecular weight is 285 g/mol. The highest BCUT2D eigenvalue weighted by atomic mass is 32.2. The molecule has 19 heavy (non-hydrogen) atoms. The van der Waals surface area contributed by atoms with Gasteiger partial charge in [0.1, 0.15) is 15.6 Å². The monoisotopic (exact) mass is 285 g/mol. The first-order chi connectivity index (χ1) is 8.90. The van der Waals surface area contributed by atoms with Gasteiger partial charge in [-0.3, -0.25) is 0 Å². The number of rotatable bonds is 8. The van der Waals surface area contributed by atoms with E-state index in [0.29, 0.717) is 12.6 Å². The molecule has 1 unspecified atom stereocenters. The molecule has 1 aromatic rings. The molecule has 0 heterocycles. The molecule has 0 spiro atoms. The molecular formula is C14H23NO3S. The van der Waals surface area contributed by atoms with E-state index in [1.807, 2.05) is 12.1 Å². The lowest BCUT2D eigenvalue weighted by Gasteiger charge is -2.13. The summed E-state index contributed by atoms with van der Waals surface area (Å²) in [5.74, 6) is 1.06. The van der Waals surface area contributed by atoms with Crippen molar-refractivity contribution in [3.63, 3.8) is 0 Å². The van der Waals surface area contributed by atoms with E-state index in [9.17, 15) is 8.42 Å². The topological polar surface area (TPSA) is 55.4 Å². The Kier molecular flexibility index (Phi) is 6.31. The quantitative estimate of drug-likeness (QED) is 0.789. The van der Waals surface area contributed by atoms with Gasteiger partial charge in [0.25, 0.3) is 0 Å². The second-order valence-electron chi connectivity index (χ2n) is 4.87. The van der Waals surface area contributed by atoms with Crippen LogP contribution in [0.25, 0.3) is 0 Å². The summed E-state index contributed by atoms with van der Waals surface area (Å²) in [4.78, 5) is 0. The predicted molar refractivity (Wildman–Crippen MR) is 78.5 cm³/mol. The van der Waals surface area contributed by atoms with Gasteiger partial charge in [0.2, 0.25) is 0 Å². The Morgan fingerprint density at radius 3 is 2.42 bits per heavy atom. The van der Waals surface area contributed by atoms with Crippen LogP contribution in [-0.4, -0.2) is 40.1 Å². The maximum Gasteiger partial charge on any atom is 0.148 e. The van der Waals surface area contributed by atoms with Crippen molar-refractivity contribution in [3.8, 4) is 5.75 Å². The van der Waals surface area contributed by atoms with Crippen LogP contribution in [0.5, 0.6) is 5.75 Å². The summed E-state index contributed by atoms with van der Waals surface area (Å²) in [7, 11) is -1.22. The summed E-state index contributed by atoms with van der Waals surface area (Å²) < 4.78 is 27.1. The van der Waals surface area contributed by atoms with Gasteiger partial charge in [0, 0.05) is 18.8 Å². The zero-order valence-electron chi connectivity index (χ0n) is 11.8. The largest absolute Gasteiger partial charge is 0.497 e. The summed E-state index contributed by atoms with van der Waals surface area (Å²) in [5, 5.41) is 3.23. The number of aryl methyl sites for hydroxylation is 1. The SMILES string of the molecule is COc1ccc(CCC(C)NCCS(C)(=O)=O)cc1. The van der Waals surface area contributed by atoms with Gasteiger partial charge < -0.3 is 10.1 Å². The molecule has 0 amide bonds. The van der Waals surface area contributed by atoms with Crippen LogP contribution in [0.3, 0.4) is 0 Å². The third kappa shape index (κ3) is 7.18. The molecule has 108 valence electrons. The molecule has 1 atom stereocenters. The first-order valence-corrected chi connectivity index (χ1v) is 8.51. The van der Waals surface area contributed by atoms with Crippen LogP contribution in [0, 0.1) is 0 Å². The smallest absolute Gasteiger partial charge is 0.148 e. The van der Waals surface area contributed by atoms with Crippen LogP contribution in [0.2, 0.25) is 0 Å². The van der Waals surface area contributed by atoms with Gasteiger partial charge in [-0.1, -0.05) is 12.1 Å². The zero-order chi connectivity index (χ0) is 14.3. The van der Waals surface area contributed by atoms with Crippen LogP contribution in [0.1, 0.15) is 18.9 Å². The summed E-state index contributed by atoms with van der Waals surface area (Å²) in [5.41, 5.74) is 1.26. The standard InChI is InChI=1S/C14H23NO3S/c1-12(15-10-11-19(3,16)17)4-5-13-6-8-14(18-2)9-7-13/h6-9,12,15H,4-5,10-11H2,1-3H3. The third-order valence-electron chi connectivity index (χ3n) is 2.99. The van der Waals surface area contributed by atoms with Crippen molar-refractivity contribution < 1.29 is 13.2 Å². The Balaban J connectivity index is 2.27. The van der Waals surface area contributed by atoms with E-state index in [1.54, 1.807) is 7.11 Å². The van der Waals surface area contributed by atoms with Crippen molar-refractivity contribution in [1.29, 1.82) is 0 Å². The number of nitrogens with one attached hydrogen (secondary N) is 1. The molecule has 4 nitrogen and oxygen atoms in total. The second-order valence-corrected chi connectivity index (χ2v) is 7.13. The molecule has 0 aliphatic heterocycles. The van der Waals surface area contributed by atoms with Crippen molar-refractivity contribution in [2.45, 2.75) is 25.8 Å². The third-order valence-corrected chi connectivity index (χ3v) is 3.94. The second kappa shape index (κ2) is 7.50. The molecule has 0 aromatic heterocycles. The predicted octanol–water partition coefficient (Wildman–Crippen LogP) is 1.65. The van der Waals surface area contributed by atoms with Crippen molar-refractivity contribution in [2.75, 3.05) is 25.7 Å². The van der Waals surface area contributed by atoms with Crippen molar-refractivity contribution in [3.05, 3.63) is 29.8 Å². The van der Waals surface area contributed by atoms with Gasteiger partial charge in [-0.15, -0.1) is 0 Å². The molecule has 5 heteroatoms.